The van der Waals surface area contributed by atoms with Gasteiger partial charge in [-0.25, -0.2) is 0 Å². The van der Waals surface area contributed by atoms with Crippen molar-refractivity contribution in [1.82, 2.24) is 10.2 Å². The molecule has 3 aliphatic carbocycles. The van der Waals surface area contributed by atoms with Crippen molar-refractivity contribution in [3.63, 3.8) is 0 Å². The Hall–Kier alpha value is -4.20. The zero-order valence-electron chi connectivity index (χ0n) is 27.8. The monoisotopic (exact) mass is 637 g/mol. The summed E-state index contributed by atoms with van der Waals surface area (Å²) in [6.45, 7) is 7.55. The number of ether oxygens (including phenoxy) is 1. The maximum absolute atomic E-state index is 14.6. The fourth-order valence-corrected chi connectivity index (χ4v) is 7.40. The minimum atomic E-state index is -0.954. The van der Waals surface area contributed by atoms with Gasteiger partial charge in [0.2, 0.25) is 0 Å². The topological polar surface area (TPSA) is 108 Å². The Bertz CT molecular complexity index is 1570. The van der Waals surface area contributed by atoms with E-state index in [4.69, 9.17) is 14.8 Å². The third-order valence-electron chi connectivity index (χ3n) is 10.3. The van der Waals surface area contributed by atoms with E-state index in [9.17, 15) is 14.4 Å². The number of hydrogen-bond donors (Lipinski definition) is 2. The summed E-state index contributed by atoms with van der Waals surface area (Å²) in [7, 11) is 0. The third-order valence-corrected chi connectivity index (χ3v) is 10.3. The summed E-state index contributed by atoms with van der Waals surface area (Å²) in [5.74, 6) is 0.384. The van der Waals surface area contributed by atoms with E-state index in [1.807, 2.05) is 36.4 Å². The molecule has 4 aliphatic rings. The highest BCUT2D eigenvalue weighted by molar-refractivity contribution is 6.46. The van der Waals surface area contributed by atoms with Gasteiger partial charge >= 0.3 is 5.97 Å². The number of nitrogens with zero attached hydrogens (tertiary/aromatic N) is 2. The Kier molecular flexibility index (Phi) is 9.40. The lowest BCUT2D eigenvalue weighted by molar-refractivity contribution is -0.137. The lowest BCUT2D eigenvalue weighted by Gasteiger charge is -2.47. The molecule has 1 spiro atoms. The predicted molar refractivity (Wildman–Crippen MR) is 182 cm³/mol. The van der Waals surface area contributed by atoms with Gasteiger partial charge in [-0.1, -0.05) is 51.1 Å². The molecular weight excluding hydrogens is 590 g/mol. The Morgan fingerprint density at radius 2 is 1.74 bits per heavy atom. The van der Waals surface area contributed by atoms with Crippen LogP contribution in [0.4, 0.5) is 0 Å². The van der Waals surface area contributed by atoms with Gasteiger partial charge in [-0.15, -0.1) is 0 Å². The van der Waals surface area contributed by atoms with Crippen molar-refractivity contribution in [2.75, 3.05) is 13.2 Å². The molecule has 1 atom stereocenters. The van der Waals surface area contributed by atoms with Crippen molar-refractivity contribution in [2.45, 2.75) is 90.3 Å². The van der Waals surface area contributed by atoms with Gasteiger partial charge < -0.3 is 20.1 Å². The molecule has 1 aliphatic heterocycles. The van der Waals surface area contributed by atoms with Gasteiger partial charge in [-0.05, 0) is 116 Å². The second-order valence-corrected chi connectivity index (χ2v) is 14.7. The van der Waals surface area contributed by atoms with Crippen LogP contribution >= 0.6 is 0 Å². The van der Waals surface area contributed by atoms with E-state index in [0.29, 0.717) is 29.7 Å². The van der Waals surface area contributed by atoms with Crippen LogP contribution in [0.5, 0.6) is 5.75 Å². The Morgan fingerprint density at radius 3 is 2.34 bits per heavy atom. The first-order valence-electron chi connectivity index (χ1n) is 17.2. The standard InChI is InChI=1S/C39H47N3O5/c1-38(2,3)31-19-22-39(23-20-31)41-34(27-15-17-32(18-16-27)47-25-26-7-5-4-6-8-26)37(46)42(39)35(28-9-10-28)29-11-13-30(14-12-29)36(45)40-24-21-33(43)44/h4-5,7,11-18,28,31,35H,6,8-10,19-25H2,1-3H3,(H,40,45)(H,43,44)/t31?,35-,39?/m1/s1. The van der Waals surface area contributed by atoms with Crippen molar-refractivity contribution in [3.05, 3.63) is 89.0 Å². The Morgan fingerprint density at radius 1 is 1.04 bits per heavy atom. The molecule has 0 aromatic heterocycles. The zero-order chi connectivity index (χ0) is 33.2. The highest BCUT2D eigenvalue weighted by atomic mass is 16.5. The molecule has 2 aromatic carbocycles. The molecule has 2 N–H and O–H groups in total. The van der Waals surface area contributed by atoms with Crippen LogP contribution in [0.3, 0.4) is 0 Å². The van der Waals surface area contributed by atoms with Crippen molar-refractivity contribution in [2.24, 2.45) is 22.2 Å². The zero-order valence-corrected chi connectivity index (χ0v) is 27.8. The van der Waals surface area contributed by atoms with Gasteiger partial charge in [0.15, 0.2) is 0 Å². The summed E-state index contributed by atoms with van der Waals surface area (Å²) in [4.78, 5) is 45.6. The number of carbonyl (C=O) groups excluding carboxylic acids is 2. The van der Waals surface area contributed by atoms with Crippen molar-refractivity contribution in [3.8, 4) is 5.75 Å². The number of rotatable bonds is 11. The summed E-state index contributed by atoms with van der Waals surface area (Å²) >= 11 is 0. The van der Waals surface area contributed by atoms with Gasteiger partial charge in [-0.2, -0.15) is 0 Å². The molecule has 8 heteroatoms. The normalized spacial score (nSPS) is 23.3. The number of allylic oxidation sites excluding steroid dienone is 3. The molecule has 0 saturated heterocycles. The van der Waals surface area contributed by atoms with Gasteiger partial charge in [0, 0.05) is 17.7 Å². The SMILES string of the molecule is CC(C)(C)C1CCC2(CC1)N=C(c1ccc(OCC3=CC=CCC3)cc1)C(=O)N2[C@@H](c1ccc(C(=O)NCCC(=O)O)cc1)C1CC1. The Balaban J connectivity index is 1.26. The van der Waals surface area contributed by atoms with Crippen LogP contribution < -0.4 is 10.1 Å². The second-order valence-electron chi connectivity index (χ2n) is 14.7. The van der Waals surface area contributed by atoms with E-state index < -0.39 is 11.6 Å². The molecule has 8 nitrogen and oxygen atoms in total. The number of carbonyl (C=O) groups is 3. The first-order chi connectivity index (χ1) is 22.5. The number of carboxylic acid groups (broad SMARTS) is 1. The molecule has 0 radical (unpaired) electrons. The first kappa shape index (κ1) is 32.7. The number of hydrogen-bond acceptors (Lipinski definition) is 5. The summed E-state index contributed by atoms with van der Waals surface area (Å²) < 4.78 is 6.07. The first-order valence-corrected chi connectivity index (χ1v) is 17.2. The van der Waals surface area contributed by atoms with Crippen molar-refractivity contribution < 1.29 is 24.2 Å². The van der Waals surface area contributed by atoms with Crippen LogP contribution in [0, 0.1) is 17.3 Å². The van der Waals surface area contributed by atoms with Crippen LogP contribution in [0.25, 0.3) is 0 Å². The van der Waals surface area contributed by atoms with Crippen molar-refractivity contribution in [1.29, 1.82) is 0 Å². The minimum absolute atomic E-state index is 0.0283. The molecule has 2 fully saturated rings. The smallest absolute Gasteiger partial charge is 0.305 e. The molecule has 0 bridgehead atoms. The molecule has 2 saturated carbocycles. The fraction of sp³-hybridized carbons (Fsp3) is 0.487. The number of nitrogens with one attached hydrogen (secondary N) is 1. The van der Waals surface area contributed by atoms with Gasteiger partial charge in [0.05, 0.1) is 12.5 Å². The van der Waals surface area contributed by atoms with Gasteiger partial charge in [-0.3, -0.25) is 19.4 Å². The molecule has 47 heavy (non-hydrogen) atoms. The van der Waals surface area contributed by atoms with E-state index in [2.05, 4.69) is 49.2 Å². The van der Waals surface area contributed by atoms with Crippen molar-refractivity contribution >= 4 is 23.5 Å². The summed E-state index contributed by atoms with van der Waals surface area (Å²) in [5, 5.41) is 11.6. The molecule has 2 aromatic rings. The number of benzene rings is 2. The summed E-state index contributed by atoms with van der Waals surface area (Å²) in [6.07, 6.45) is 14.0. The molecule has 248 valence electrons. The van der Waals surface area contributed by atoms with Crippen LogP contribution in [0.15, 0.2) is 77.3 Å². The van der Waals surface area contributed by atoms with Crippen LogP contribution in [0.1, 0.15) is 106 Å². The summed E-state index contributed by atoms with van der Waals surface area (Å²) in [5.41, 5.74) is 3.66. The maximum atomic E-state index is 14.6. The number of aliphatic carboxylic acids is 1. The van der Waals surface area contributed by atoms with E-state index in [1.165, 1.54) is 5.57 Å². The largest absolute Gasteiger partial charge is 0.489 e. The number of amides is 2. The van der Waals surface area contributed by atoms with E-state index in [0.717, 1.165) is 68.2 Å². The van der Waals surface area contributed by atoms with Gasteiger partial charge in [0.25, 0.3) is 11.8 Å². The van der Waals surface area contributed by atoms with Crippen LogP contribution in [0.2, 0.25) is 0 Å². The molecule has 1 heterocycles. The molecule has 0 unspecified atom stereocenters. The summed E-state index contributed by atoms with van der Waals surface area (Å²) in [6, 6.07) is 15.1. The quantitative estimate of drug-likeness (QED) is 0.270. The number of aliphatic imine (C=N–C) groups is 1. The van der Waals surface area contributed by atoms with Crippen LogP contribution in [-0.4, -0.2) is 52.3 Å². The van der Waals surface area contributed by atoms with Gasteiger partial charge in [0.1, 0.15) is 23.7 Å². The molecular formula is C39H47N3O5. The Labute approximate surface area is 278 Å². The third kappa shape index (κ3) is 7.37. The predicted octanol–water partition coefficient (Wildman–Crippen LogP) is 7.26. The van der Waals surface area contributed by atoms with Crippen LogP contribution in [-0.2, 0) is 9.59 Å². The number of carboxylic acids is 1. The van der Waals surface area contributed by atoms with E-state index in [-0.39, 0.29) is 36.2 Å². The lowest BCUT2D eigenvalue weighted by atomic mass is 9.69. The highest BCUT2D eigenvalue weighted by Crippen LogP contribution is 2.54. The minimum Gasteiger partial charge on any atom is -0.489 e. The maximum Gasteiger partial charge on any atom is 0.305 e. The second kappa shape index (κ2) is 13.5. The fourth-order valence-electron chi connectivity index (χ4n) is 7.40. The lowest BCUT2D eigenvalue weighted by Crippen LogP contribution is -2.52. The highest BCUT2D eigenvalue weighted by Gasteiger charge is 2.55. The molecule has 2 amide bonds. The average molecular weight is 638 g/mol. The van der Waals surface area contributed by atoms with E-state index in [1.54, 1.807) is 12.1 Å². The average Bonchev–Trinajstić information content (AvgIpc) is 3.87. The van der Waals surface area contributed by atoms with E-state index >= 15 is 0 Å². The molecule has 6 rings (SSSR count).